The molecule has 1 aliphatic heterocycles. The van der Waals surface area contributed by atoms with E-state index in [2.05, 4.69) is 20.8 Å². The van der Waals surface area contributed by atoms with Gasteiger partial charge in [0.1, 0.15) is 0 Å². The Labute approximate surface area is 57.7 Å². The molecule has 0 bridgehead atoms. The third-order valence-electron chi connectivity index (χ3n) is 1.60. The van der Waals surface area contributed by atoms with Crippen molar-refractivity contribution in [3.63, 3.8) is 0 Å². The molecular formula is C5H16Si3. The van der Waals surface area contributed by atoms with E-state index in [9.17, 15) is 0 Å². The van der Waals surface area contributed by atoms with Gasteiger partial charge in [0, 0.05) is 7.83 Å². The monoisotopic (exact) mass is 160 g/mol. The fraction of sp³-hybridized carbons (Fsp3) is 1.00. The van der Waals surface area contributed by atoms with E-state index in [0.29, 0.717) is 5.41 Å². The zero-order valence-corrected chi connectivity index (χ0v) is 10.2. The van der Waals surface area contributed by atoms with Gasteiger partial charge in [-0.05, 0) is 22.5 Å². The molecule has 0 unspecified atom stereocenters. The lowest BCUT2D eigenvalue weighted by Crippen LogP contribution is -2.10. The minimum atomic E-state index is 0.232. The lowest BCUT2D eigenvalue weighted by atomic mass is 10.0. The molecule has 48 valence electrons. The molecule has 0 radical (unpaired) electrons. The second-order valence-electron chi connectivity index (χ2n) is 4.21. The molecule has 0 aromatic carbocycles. The van der Waals surface area contributed by atoms with E-state index in [4.69, 9.17) is 0 Å². The molecule has 0 aromatic heterocycles. The molecule has 0 spiro atoms. The second-order valence-corrected chi connectivity index (χ2v) is 31.8. The lowest BCUT2D eigenvalue weighted by Gasteiger charge is -2.16. The fourth-order valence-corrected chi connectivity index (χ4v) is 22.9. The highest BCUT2D eigenvalue weighted by Crippen LogP contribution is 2.23. The largest absolute Gasteiger partial charge is 0.0605 e. The van der Waals surface area contributed by atoms with Crippen molar-refractivity contribution in [2.75, 3.05) is 0 Å². The van der Waals surface area contributed by atoms with Gasteiger partial charge >= 0.3 is 0 Å². The first-order valence-electron chi connectivity index (χ1n) is 3.58. The molecular weight excluding hydrogens is 144 g/mol. The topological polar surface area (TPSA) is 0 Å². The van der Waals surface area contributed by atoms with Crippen molar-refractivity contribution >= 4 is 24.9 Å². The van der Waals surface area contributed by atoms with E-state index in [1.165, 1.54) is 0 Å². The standard InChI is InChI=1S/C5H16Si3/c1-5(2,3)4-8-6-7-8/h8H,4,6-7H2,1-3H3. The molecule has 0 aliphatic carbocycles. The van der Waals surface area contributed by atoms with Crippen molar-refractivity contribution in [3.05, 3.63) is 0 Å². The van der Waals surface area contributed by atoms with Crippen LogP contribution in [0.5, 0.6) is 0 Å². The minimum Gasteiger partial charge on any atom is -0.0605 e. The van der Waals surface area contributed by atoms with Crippen LogP contribution in [0.2, 0.25) is 6.04 Å². The summed E-state index contributed by atoms with van der Waals surface area (Å²) >= 11 is 0. The molecule has 3 heteroatoms. The molecule has 1 aliphatic rings. The molecule has 1 saturated heterocycles. The number of hydrogen-bond acceptors (Lipinski definition) is 0. The molecule has 0 saturated carbocycles. The Hall–Kier alpha value is 0.651. The molecule has 8 heavy (non-hydrogen) atoms. The van der Waals surface area contributed by atoms with Crippen LogP contribution < -0.4 is 0 Å². The molecule has 1 heterocycles. The van der Waals surface area contributed by atoms with Gasteiger partial charge in [0.2, 0.25) is 0 Å². The summed E-state index contributed by atoms with van der Waals surface area (Å²) in [5.74, 6) is 0. The summed E-state index contributed by atoms with van der Waals surface area (Å²) in [6.45, 7) is 7.21. The maximum Gasteiger partial charge on any atom is 0.00698 e. The van der Waals surface area contributed by atoms with Crippen molar-refractivity contribution in [2.24, 2.45) is 5.41 Å². The van der Waals surface area contributed by atoms with Crippen molar-refractivity contribution in [1.29, 1.82) is 0 Å². The lowest BCUT2D eigenvalue weighted by molar-refractivity contribution is 0.468. The van der Waals surface area contributed by atoms with Gasteiger partial charge in [0.05, 0.1) is 0 Å². The quantitative estimate of drug-likeness (QED) is 0.455. The first kappa shape index (κ1) is 6.77. The van der Waals surface area contributed by atoms with Crippen LogP contribution in [0, 0.1) is 5.41 Å². The molecule has 1 rings (SSSR count). The van der Waals surface area contributed by atoms with Gasteiger partial charge < -0.3 is 0 Å². The Morgan fingerprint density at radius 3 is 1.88 bits per heavy atom. The van der Waals surface area contributed by atoms with Gasteiger partial charge in [-0.2, -0.15) is 0 Å². The number of rotatable bonds is 1. The van der Waals surface area contributed by atoms with E-state index in [0.717, 1.165) is 17.1 Å². The Balaban J connectivity index is 2.16. The van der Waals surface area contributed by atoms with E-state index in [1.54, 1.807) is 6.04 Å². The molecule has 1 fully saturated rings. The van der Waals surface area contributed by atoms with Gasteiger partial charge in [0.15, 0.2) is 0 Å². The predicted octanol–water partition coefficient (Wildman–Crippen LogP) is -0.481. The Morgan fingerprint density at radius 2 is 1.75 bits per heavy atom. The summed E-state index contributed by atoms with van der Waals surface area (Å²) in [5, 5.41) is 0. The van der Waals surface area contributed by atoms with E-state index < -0.39 is 0 Å². The Morgan fingerprint density at radius 1 is 1.25 bits per heavy atom. The van der Waals surface area contributed by atoms with Crippen LogP contribution in [0.1, 0.15) is 20.8 Å². The van der Waals surface area contributed by atoms with Crippen LogP contribution in [0.15, 0.2) is 0 Å². The Kier molecular flexibility index (Phi) is 1.79. The molecule has 0 nitrogen and oxygen atoms in total. The van der Waals surface area contributed by atoms with Gasteiger partial charge in [-0.3, -0.25) is 0 Å². The van der Waals surface area contributed by atoms with Gasteiger partial charge in [-0.1, -0.05) is 26.8 Å². The second kappa shape index (κ2) is 2.11. The maximum absolute atomic E-state index is 2.40. The summed E-state index contributed by atoms with van der Waals surface area (Å²) in [6, 6.07) is 1.70. The zero-order valence-electron chi connectivity index (χ0n) is 6.20. The van der Waals surface area contributed by atoms with Crippen LogP contribution in [0.3, 0.4) is 0 Å². The summed E-state index contributed by atoms with van der Waals surface area (Å²) in [7, 11) is 1.79. The summed E-state index contributed by atoms with van der Waals surface area (Å²) in [5.41, 5.74) is 0.716. The average Bonchev–Trinajstić information content (AvgIpc) is 2.12. The van der Waals surface area contributed by atoms with Gasteiger partial charge in [-0.25, -0.2) is 0 Å². The summed E-state index contributed by atoms with van der Waals surface area (Å²) in [4.78, 5) is 0. The minimum absolute atomic E-state index is 0.232. The van der Waals surface area contributed by atoms with Gasteiger partial charge in [0.25, 0.3) is 0 Å². The van der Waals surface area contributed by atoms with Crippen LogP contribution in [-0.2, 0) is 0 Å². The van der Waals surface area contributed by atoms with Crippen LogP contribution in [0.4, 0.5) is 0 Å². The van der Waals surface area contributed by atoms with Crippen LogP contribution in [-0.4, -0.2) is 24.9 Å². The Bertz CT molecular complexity index is 80.2. The zero-order chi connectivity index (χ0) is 6.20. The molecule has 0 amide bonds. The third-order valence-corrected chi connectivity index (χ3v) is 23.3. The molecule has 0 atom stereocenters. The highest BCUT2D eigenvalue weighted by atomic mass is 30.1. The molecule has 0 N–H and O–H groups in total. The normalized spacial score (nSPS) is 34.1. The molecule has 0 aromatic rings. The maximum atomic E-state index is 2.40. The average molecular weight is 160 g/mol. The van der Waals surface area contributed by atoms with E-state index in [-0.39, 0.29) is 7.83 Å². The smallest absolute Gasteiger partial charge is 0.00698 e. The highest BCUT2D eigenvalue weighted by Gasteiger charge is 2.29. The van der Waals surface area contributed by atoms with Crippen molar-refractivity contribution in [2.45, 2.75) is 26.8 Å². The SMILES string of the molecule is CC(C)(C)C[SiH]1[SiH2][SiH2]1. The first-order chi connectivity index (χ1) is 3.58. The highest BCUT2D eigenvalue weighted by molar-refractivity contribution is 7.83. The van der Waals surface area contributed by atoms with E-state index in [1.807, 2.05) is 0 Å². The van der Waals surface area contributed by atoms with Gasteiger partial charge in [-0.15, -0.1) is 0 Å². The number of hydrogen-bond donors (Lipinski definition) is 0. The van der Waals surface area contributed by atoms with Crippen LogP contribution >= 0.6 is 0 Å². The van der Waals surface area contributed by atoms with Crippen molar-refractivity contribution in [1.82, 2.24) is 0 Å². The first-order valence-corrected chi connectivity index (χ1v) is 14.9. The van der Waals surface area contributed by atoms with Crippen molar-refractivity contribution < 1.29 is 0 Å². The van der Waals surface area contributed by atoms with Crippen LogP contribution in [0.25, 0.3) is 0 Å². The summed E-state index contributed by atoms with van der Waals surface area (Å²) < 4.78 is 0. The fourth-order valence-electron chi connectivity index (χ4n) is 1.19. The van der Waals surface area contributed by atoms with E-state index >= 15 is 0 Å². The summed E-state index contributed by atoms with van der Waals surface area (Å²) in [6.07, 6.45) is 0. The predicted molar refractivity (Wildman–Crippen MR) is 48.5 cm³/mol. The van der Waals surface area contributed by atoms with Crippen molar-refractivity contribution in [3.8, 4) is 0 Å². The third kappa shape index (κ3) is 2.84.